The van der Waals surface area contributed by atoms with Gasteiger partial charge in [0.25, 0.3) is 0 Å². The van der Waals surface area contributed by atoms with Crippen molar-refractivity contribution in [2.45, 2.75) is 0 Å². The molecule has 0 aromatic heterocycles. The molecule has 0 amide bonds. The fourth-order valence-corrected chi connectivity index (χ4v) is 1.17. The van der Waals surface area contributed by atoms with Crippen molar-refractivity contribution in [1.82, 2.24) is 0 Å². The summed E-state index contributed by atoms with van der Waals surface area (Å²) in [7, 11) is 0. The lowest BCUT2D eigenvalue weighted by Crippen LogP contribution is -2.26. The Hall–Kier alpha value is -3.24. The molecule has 11 heteroatoms. The van der Waals surface area contributed by atoms with Gasteiger partial charge in [0, 0.05) is 12.1 Å². The Balaban J connectivity index is 3.27. The number of hydrogen-bond acceptors (Lipinski definition) is 5. The zero-order valence-corrected chi connectivity index (χ0v) is 9.39. The molecule has 1 aromatic rings. The first kappa shape index (κ1) is 13.8. The van der Waals surface area contributed by atoms with Gasteiger partial charge in [0.05, 0.1) is 15.5 Å². The van der Waals surface area contributed by atoms with Crippen LogP contribution in [0.5, 0.6) is 0 Å². The largest absolute Gasteiger partial charge is 0.370 e. The molecule has 0 spiro atoms. The van der Waals surface area contributed by atoms with E-state index in [1.54, 1.807) is 0 Å². The quantitative estimate of drug-likeness (QED) is 0.290. The van der Waals surface area contributed by atoms with E-state index in [2.05, 4.69) is 9.98 Å². The van der Waals surface area contributed by atoms with Gasteiger partial charge in [-0.3, -0.25) is 20.2 Å². The minimum absolute atomic E-state index is 0.0137. The van der Waals surface area contributed by atoms with E-state index in [9.17, 15) is 20.2 Å². The summed E-state index contributed by atoms with van der Waals surface area (Å²) in [6.07, 6.45) is 0. The smallest absolute Gasteiger partial charge is 0.348 e. The Morgan fingerprint density at radius 3 is 2.11 bits per heavy atom. The van der Waals surface area contributed by atoms with Gasteiger partial charge >= 0.3 is 11.4 Å². The Morgan fingerprint density at radius 1 is 1.05 bits per heavy atom. The highest BCUT2D eigenvalue weighted by Crippen LogP contribution is 2.30. The van der Waals surface area contributed by atoms with Gasteiger partial charge in [-0.05, 0) is 6.07 Å². The molecule has 1 rings (SSSR count). The molecule has 0 heterocycles. The zero-order chi connectivity index (χ0) is 14.6. The summed E-state index contributed by atoms with van der Waals surface area (Å²) in [4.78, 5) is 26.6. The minimum atomic E-state index is -0.895. The van der Waals surface area contributed by atoms with Crippen molar-refractivity contribution in [3.8, 4) is 0 Å². The summed E-state index contributed by atoms with van der Waals surface area (Å²) < 4.78 is 0. The molecule has 6 N–H and O–H groups in total. The Morgan fingerprint density at radius 2 is 1.63 bits per heavy atom. The first-order chi connectivity index (χ1) is 8.81. The number of aliphatic imine (C=N–C) groups is 2. The highest BCUT2D eigenvalue weighted by molar-refractivity contribution is 5.93. The summed E-state index contributed by atoms with van der Waals surface area (Å²) in [6.45, 7) is 0. The van der Waals surface area contributed by atoms with Gasteiger partial charge in [-0.2, -0.15) is 4.99 Å². The average Bonchev–Trinajstić information content (AvgIpc) is 2.27. The molecule has 11 nitrogen and oxygen atoms in total. The maximum Gasteiger partial charge on any atom is 0.348 e. The Labute approximate surface area is 105 Å². The third kappa shape index (κ3) is 3.62. The molecule has 0 atom stereocenters. The number of benzene rings is 1. The highest BCUT2D eigenvalue weighted by Gasteiger charge is 2.24. The lowest BCUT2D eigenvalue weighted by atomic mass is 10.2. The number of guanidine groups is 2. The third-order valence-corrected chi connectivity index (χ3v) is 1.84. The second-order valence-corrected chi connectivity index (χ2v) is 3.19. The van der Waals surface area contributed by atoms with Crippen molar-refractivity contribution in [3.63, 3.8) is 0 Å². The Kier molecular flexibility index (Phi) is 3.93. The van der Waals surface area contributed by atoms with Gasteiger partial charge in [0.1, 0.15) is 0 Å². The number of nitrogens with zero attached hydrogens (tertiary/aromatic N) is 4. The van der Waals surface area contributed by atoms with Crippen LogP contribution < -0.4 is 17.2 Å². The van der Waals surface area contributed by atoms with Crippen LogP contribution in [0.2, 0.25) is 0 Å². The summed E-state index contributed by atoms with van der Waals surface area (Å²) in [5.41, 5.74) is 14.1. The molecule has 0 bridgehead atoms. The van der Waals surface area contributed by atoms with Crippen LogP contribution in [-0.2, 0) is 0 Å². The molecular formula is C8H9N7O4. The van der Waals surface area contributed by atoms with Crippen LogP contribution in [-0.4, -0.2) is 21.8 Å². The van der Waals surface area contributed by atoms with E-state index in [1.807, 2.05) is 0 Å². The van der Waals surface area contributed by atoms with Gasteiger partial charge in [-0.15, -0.1) is 0 Å². The van der Waals surface area contributed by atoms with Crippen LogP contribution in [0.3, 0.4) is 0 Å². The SMILES string of the molecule is NC(N)=NC(N)=Nc1ccc([N+](=O)[O-])c([N+](=O)[O-])c1. The number of nitrogens with two attached hydrogens (primary N) is 3. The number of nitro groups is 2. The van der Waals surface area contributed by atoms with E-state index < -0.39 is 21.2 Å². The van der Waals surface area contributed by atoms with Crippen molar-refractivity contribution < 1.29 is 9.85 Å². The monoisotopic (exact) mass is 267 g/mol. The van der Waals surface area contributed by atoms with Crippen molar-refractivity contribution in [2.24, 2.45) is 27.2 Å². The highest BCUT2D eigenvalue weighted by atomic mass is 16.6. The van der Waals surface area contributed by atoms with Gasteiger partial charge < -0.3 is 17.2 Å². The minimum Gasteiger partial charge on any atom is -0.370 e. The van der Waals surface area contributed by atoms with Gasteiger partial charge in [0.2, 0.25) is 5.96 Å². The molecule has 0 saturated heterocycles. The van der Waals surface area contributed by atoms with Crippen molar-refractivity contribution in [3.05, 3.63) is 38.4 Å². The fourth-order valence-electron chi connectivity index (χ4n) is 1.17. The number of nitro benzene ring substituents is 2. The molecule has 0 aliphatic heterocycles. The molecule has 0 fully saturated rings. The van der Waals surface area contributed by atoms with Crippen molar-refractivity contribution >= 4 is 29.0 Å². The van der Waals surface area contributed by atoms with E-state index >= 15 is 0 Å². The number of rotatable bonds is 3. The maximum absolute atomic E-state index is 10.7. The summed E-state index contributed by atoms with van der Waals surface area (Å²) in [6, 6.07) is 3.02. The van der Waals surface area contributed by atoms with E-state index in [-0.39, 0.29) is 17.6 Å². The van der Waals surface area contributed by atoms with Crippen LogP contribution in [0, 0.1) is 20.2 Å². The van der Waals surface area contributed by atoms with Crippen molar-refractivity contribution in [1.29, 1.82) is 0 Å². The molecule has 0 radical (unpaired) electrons. The normalized spacial score (nSPS) is 10.8. The summed E-state index contributed by atoms with van der Waals surface area (Å²) in [5.74, 6) is -0.666. The standard InChI is InChI=1S/C8H9N7O4/c9-7(10)13-8(11)12-4-1-2-5(14(16)17)6(3-4)15(18)19/h1-3H,(H6,9,10,11,12,13). The average molecular weight is 267 g/mol. The predicted molar refractivity (Wildman–Crippen MR) is 66.8 cm³/mol. The Bertz CT molecular complexity index is 591. The second-order valence-electron chi connectivity index (χ2n) is 3.19. The van der Waals surface area contributed by atoms with Crippen LogP contribution in [0.4, 0.5) is 17.1 Å². The maximum atomic E-state index is 10.7. The second kappa shape index (κ2) is 5.39. The van der Waals surface area contributed by atoms with E-state index in [0.717, 1.165) is 12.1 Å². The van der Waals surface area contributed by atoms with E-state index in [4.69, 9.17) is 17.2 Å². The van der Waals surface area contributed by atoms with Gasteiger partial charge in [0.15, 0.2) is 5.96 Å². The molecule has 0 unspecified atom stereocenters. The zero-order valence-electron chi connectivity index (χ0n) is 9.39. The molecule has 100 valence electrons. The number of hydrogen-bond donors (Lipinski definition) is 3. The predicted octanol–water partition coefficient (Wildman–Crippen LogP) is -0.277. The molecule has 0 saturated carbocycles. The first-order valence-electron chi connectivity index (χ1n) is 4.68. The molecular weight excluding hydrogens is 258 g/mol. The lowest BCUT2D eigenvalue weighted by Gasteiger charge is -1.98. The fraction of sp³-hybridized carbons (Fsp3) is 0. The van der Waals surface area contributed by atoms with Gasteiger partial charge in [-0.1, -0.05) is 0 Å². The van der Waals surface area contributed by atoms with E-state index in [0.29, 0.717) is 0 Å². The molecule has 1 aromatic carbocycles. The van der Waals surface area contributed by atoms with Gasteiger partial charge in [-0.25, -0.2) is 4.99 Å². The van der Waals surface area contributed by atoms with Crippen LogP contribution >= 0.6 is 0 Å². The molecule has 19 heavy (non-hydrogen) atoms. The van der Waals surface area contributed by atoms with Crippen LogP contribution in [0.25, 0.3) is 0 Å². The lowest BCUT2D eigenvalue weighted by molar-refractivity contribution is -0.422. The topological polar surface area (TPSA) is 189 Å². The van der Waals surface area contributed by atoms with Crippen LogP contribution in [0.1, 0.15) is 0 Å². The summed E-state index contributed by atoms with van der Waals surface area (Å²) in [5, 5.41) is 21.3. The molecule has 0 aliphatic rings. The first-order valence-corrected chi connectivity index (χ1v) is 4.68. The third-order valence-electron chi connectivity index (χ3n) is 1.84. The summed E-state index contributed by atoms with van der Waals surface area (Å²) >= 11 is 0. The van der Waals surface area contributed by atoms with Crippen LogP contribution in [0.15, 0.2) is 28.2 Å². The van der Waals surface area contributed by atoms with E-state index in [1.165, 1.54) is 6.07 Å². The molecule has 0 aliphatic carbocycles. The van der Waals surface area contributed by atoms with Crippen molar-refractivity contribution in [2.75, 3.05) is 0 Å².